The topological polar surface area (TPSA) is 80.4 Å². The zero-order valence-electron chi connectivity index (χ0n) is 16.4. The van der Waals surface area contributed by atoms with Crippen LogP contribution >= 0.6 is 0 Å². The molecule has 0 saturated heterocycles. The smallest absolute Gasteiger partial charge is 0.213 e. The number of para-hydroxylation sites is 1. The Kier molecular flexibility index (Phi) is 6.37. The maximum Gasteiger partial charge on any atom is 0.213 e. The van der Waals surface area contributed by atoms with Gasteiger partial charge in [0.15, 0.2) is 5.96 Å². The minimum absolute atomic E-state index is 0.0791. The number of hydrogen-bond donors (Lipinski definition) is 2. The summed E-state index contributed by atoms with van der Waals surface area (Å²) in [4.78, 5) is 20.3. The van der Waals surface area contributed by atoms with Crippen LogP contribution in [0.15, 0.2) is 59.6 Å². The number of carbonyl (C=O) groups excluding carboxylic acids is 1. The summed E-state index contributed by atoms with van der Waals surface area (Å²) in [5.74, 6) is 0.706. The molecule has 28 heavy (non-hydrogen) atoms. The van der Waals surface area contributed by atoms with Gasteiger partial charge in [-0.1, -0.05) is 68.8 Å². The average molecular weight is 374 g/mol. The molecule has 0 fully saturated rings. The highest BCUT2D eigenvalue weighted by molar-refractivity contribution is 5.99. The molecule has 0 aliphatic carbocycles. The summed E-state index contributed by atoms with van der Waals surface area (Å²) in [6.45, 7) is 4.45. The van der Waals surface area contributed by atoms with Crippen LogP contribution < -0.4 is 11.1 Å². The lowest BCUT2D eigenvalue weighted by atomic mass is 9.95. The largest absolute Gasteiger partial charge is 0.369 e. The normalized spacial score (nSPS) is 11.8. The summed E-state index contributed by atoms with van der Waals surface area (Å²) in [5, 5.41) is 3.37. The highest BCUT2D eigenvalue weighted by Crippen LogP contribution is 2.37. The van der Waals surface area contributed by atoms with Crippen molar-refractivity contribution in [3.8, 4) is 11.3 Å². The molecular formula is C23H26N4O. The number of fused-ring (bicyclic) bond motifs is 1. The van der Waals surface area contributed by atoms with Gasteiger partial charge in [0.1, 0.15) is 0 Å². The van der Waals surface area contributed by atoms with E-state index in [9.17, 15) is 4.79 Å². The van der Waals surface area contributed by atoms with Gasteiger partial charge in [-0.25, -0.2) is 9.98 Å². The Bertz CT molecular complexity index is 981. The van der Waals surface area contributed by atoms with Crippen molar-refractivity contribution in [2.45, 2.75) is 33.1 Å². The third kappa shape index (κ3) is 4.55. The minimum atomic E-state index is 0.0791. The van der Waals surface area contributed by atoms with Gasteiger partial charge >= 0.3 is 0 Å². The first kappa shape index (κ1) is 19.5. The summed E-state index contributed by atoms with van der Waals surface area (Å²) in [7, 11) is 0. The fourth-order valence-corrected chi connectivity index (χ4v) is 3.33. The van der Waals surface area contributed by atoms with Gasteiger partial charge < -0.3 is 5.73 Å². The van der Waals surface area contributed by atoms with Gasteiger partial charge in [-0.2, -0.15) is 0 Å². The Labute approximate surface area is 165 Å². The van der Waals surface area contributed by atoms with E-state index in [4.69, 9.17) is 10.7 Å². The minimum Gasteiger partial charge on any atom is -0.369 e. The van der Waals surface area contributed by atoms with E-state index in [1.807, 2.05) is 42.5 Å². The van der Waals surface area contributed by atoms with Crippen LogP contribution in [0.2, 0.25) is 0 Å². The molecule has 0 bridgehead atoms. The SMILES string of the molecule is CC(C)CCCc1c(-c2ccccc2)nc2ccccc2c1N=C(N)NC=O. The van der Waals surface area contributed by atoms with E-state index < -0.39 is 0 Å². The van der Waals surface area contributed by atoms with Gasteiger partial charge in [0.05, 0.1) is 16.9 Å². The van der Waals surface area contributed by atoms with Gasteiger partial charge in [0, 0.05) is 16.5 Å². The summed E-state index contributed by atoms with van der Waals surface area (Å²) in [5.41, 5.74) is 10.6. The second-order valence-electron chi connectivity index (χ2n) is 7.22. The monoisotopic (exact) mass is 374 g/mol. The molecular weight excluding hydrogens is 348 g/mol. The predicted octanol–water partition coefficient (Wildman–Crippen LogP) is 4.57. The van der Waals surface area contributed by atoms with Crippen LogP contribution in [0.25, 0.3) is 22.2 Å². The predicted molar refractivity (Wildman–Crippen MR) is 115 cm³/mol. The van der Waals surface area contributed by atoms with Crippen LogP contribution in [-0.2, 0) is 11.2 Å². The molecule has 5 heteroatoms. The number of guanidine groups is 1. The summed E-state index contributed by atoms with van der Waals surface area (Å²) < 4.78 is 0. The molecule has 144 valence electrons. The van der Waals surface area contributed by atoms with E-state index in [0.29, 0.717) is 12.3 Å². The lowest BCUT2D eigenvalue weighted by molar-refractivity contribution is -0.108. The quantitative estimate of drug-likeness (QED) is 0.361. The van der Waals surface area contributed by atoms with E-state index >= 15 is 0 Å². The molecule has 0 saturated carbocycles. The van der Waals surface area contributed by atoms with Crippen LogP contribution in [0, 0.1) is 5.92 Å². The fraction of sp³-hybridized carbons (Fsp3) is 0.261. The van der Waals surface area contributed by atoms with Crippen LogP contribution in [-0.4, -0.2) is 17.4 Å². The number of nitrogens with one attached hydrogen (secondary N) is 1. The number of amides is 1. The Balaban J connectivity index is 2.24. The Hall–Kier alpha value is -3.21. The molecule has 0 aliphatic rings. The van der Waals surface area contributed by atoms with E-state index in [1.54, 1.807) is 0 Å². The first-order chi connectivity index (χ1) is 13.6. The van der Waals surface area contributed by atoms with Gasteiger partial charge in [-0.05, 0) is 24.8 Å². The zero-order valence-corrected chi connectivity index (χ0v) is 16.4. The maximum atomic E-state index is 10.8. The summed E-state index contributed by atoms with van der Waals surface area (Å²) in [6.07, 6.45) is 3.53. The lowest BCUT2D eigenvalue weighted by Crippen LogP contribution is -2.29. The fourth-order valence-electron chi connectivity index (χ4n) is 3.33. The number of rotatable bonds is 7. The molecule has 5 nitrogen and oxygen atoms in total. The number of nitrogens with two attached hydrogens (primary N) is 1. The molecule has 1 heterocycles. The van der Waals surface area contributed by atoms with Gasteiger partial charge in [-0.15, -0.1) is 0 Å². The second kappa shape index (κ2) is 9.13. The van der Waals surface area contributed by atoms with Crippen molar-refractivity contribution in [3.05, 3.63) is 60.2 Å². The number of hydrogen-bond acceptors (Lipinski definition) is 3. The average Bonchev–Trinajstić information content (AvgIpc) is 2.69. The first-order valence-corrected chi connectivity index (χ1v) is 9.61. The van der Waals surface area contributed by atoms with Crippen LogP contribution in [0.5, 0.6) is 0 Å². The first-order valence-electron chi connectivity index (χ1n) is 9.61. The number of aromatic nitrogens is 1. The van der Waals surface area contributed by atoms with Crippen molar-refractivity contribution in [1.82, 2.24) is 10.3 Å². The number of aliphatic imine (C=N–C) groups is 1. The molecule has 2 aromatic carbocycles. The number of benzene rings is 2. The highest BCUT2D eigenvalue weighted by Gasteiger charge is 2.16. The molecule has 0 atom stereocenters. The summed E-state index contributed by atoms with van der Waals surface area (Å²) in [6, 6.07) is 18.0. The van der Waals surface area contributed by atoms with Crippen LogP contribution in [0.3, 0.4) is 0 Å². The van der Waals surface area contributed by atoms with Crippen molar-refractivity contribution in [1.29, 1.82) is 0 Å². The van der Waals surface area contributed by atoms with Gasteiger partial charge in [0.25, 0.3) is 0 Å². The maximum absolute atomic E-state index is 10.8. The molecule has 0 spiro atoms. The van der Waals surface area contributed by atoms with Crippen molar-refractivity contribution >= 4 is 29.0 Å². The van der Waals surface area contributed by atoms with Crippen LogP contribution in [0.4, 0.5) is 5.69 Å². The van der Waals surface area contributed by atoms with Crippen molar-refractivity contribution in [2.75, 3.05) is 0 Å². The Morgan fingerprint density at radius 3 is 2.57 bits per heavy atom. The van der Waals surface area contributed by atoms with Crippen LogP contribution in [0.1, 0.15) is 32.3 Å². The number of pyridine rings is 1. The van der Waals surface area contributed by atoms with Crippen molar-refractivity contribution in [3.63, 3.8) is 0 Å². The standard InChI is InChI=1S/C23H26N4O/c1-16(2)9-8-13-19-21(17-10-4-3-5-11-17)26-20-14-7-6-12-18(20)22(19)27-23(24)25-15-28/h3-7,10-12,14-16H,8-9,13H2,1-2H3,(H3,24,25,26,27,28). The van der Waals surface area contributed by atoms with E-state index in [2.05, 4.69) is 36.3 Å². The molecule has 3 N–H and O–H groups in total. The Morgan fingerprint density at radius 2 is 1.86 bits per heavy atom. The molecule has 1 aromatic heterocycles. The number of carbonyl (C=O) groups is 1. The second-order valence-corrected chi connectivity index (χ2v) is 7.22. The summed E-state index contributed by atoms with van der Waals surface area (Å²) >= 11 is 0. The van der Waals surface area contributed by atoms with E-state index in [1.165, 1.54) is 0 Å². The molecule has 0 radical (unpaired) electrons. The molecule has 0 unspecified atom stereocenters. The van der Waals surface area contributed by atoms with E-state index in [0.717, 1.165) is 52.7 Å². The van der Waals surface area contributed by atoms with E-state index in [-0.39, 0.29) is 5.96 Å². The third-order valence-electron chi connectivity index (χ3n) is 4.66. The molecule has 3 aromatic rings. The van der Waals surface area contributed by atoms with Gasteiger partial charge in [0.2, 0.25) is 6.41 Å². The van der Waals surface area contributed by atoms with Gasteiger partial charge in [-0.3, -0.25) is 10.1 Å². The molecule has 0 aliphatic heterocycles. The Morgan fingerprint density at radius 1 is 1.14 bits per heavy atom. The van der Waals surface area contributed by atoms with Crippen molar-refractivity contribution < 1.29 is 4.79 Å². The number of nitrogens with zero attached hydrogens (tertiary/aromatic N) is 2. The third-order valence-corrected chi connectivity index (χ3v) is 4.66. The lowest BCUT2D eigenvalue weighted by Gasteiger charge is -2.16. The molecule has 3 rings (SSSR count). The molecule has 1 amide bonds. The zero-order chi connectivity index (χ0) is 19.9. The highest BCUT2D eigenvalue weighted by atomic mass is 16.1. The van der Waals surface area contributed by atoms with Crippen molar-refractivity contribution in [2.24, 2.45) is 16.6 Å².